The average Bonchev–Trinajstić information content (AvgIpc) is 2.52. The van der Waals surface area contributed by atoms with Gasteiger partial charge >= 0.3 is 20.7 Å². The number of hydrogen-bond acceptors (Lipinski definition) is 7. The fraction of sp³-hybridized carbons (Fsp3) is 0.750. The molecule has 0 spiro atoms. The van der Waals surface area contributed by atoms with E-state index in [1.165, 1.54) is 0 Å². The number of rotatable bonds is 13. The lowest BCUT2D eigenvalue weighted by molar-refractivity contribution is -0.161. The molecule has 24 heavy (non-hydrogen) atoms. The van der Waals surface area contributed by atoms with E-state index in [0.717, 1.165) is 0 Å². The summed E-state index contributed by atoms with van der Waals surface area (Å²) in [7, 11) is -2.95. The van der Waals surface area contributed by atoms with Gasteiger partial charge in [0.25, 0.3) is 0 Å². The molecule has 0 aliphatic rings. The molecule has 0 radical (unpaired) electrons. The summed E-state index contributed by atoms with van der Waals surface area (Å²) in [4.78, 5) is 23.9. The van der Waals surface area contributed by atoms with Crippen molar-refractivity contribution in [1.82, 2.24) is 0 Å². The van der Waals surface area contributed by atoms with E-state index in [2.05, 4.69) is 0 Å². The summed E-state index contributed by atoms with van der Waals surface area (Å²) in [6, 6.07) is 0. The van der Waals surface area contributed by atoms with Crippen LogP contribution >= 0.6 is 0 Å². The topological polar surface area (TPSA) is 80.3 Å². The predicted molar refractivity (Wildman–Crippen MR) is 91.1 cm³/mol. The molecule has 0 heterocycles. The molecule has 0 aliphatic carbocycles. The Morgan fingerprint density at radius 2 is 1.21 bits per heavy atom. The number of ether oxygens (including phenoxy) is 2. The van der Waals surface area contributed by atoms with Gasteiger partial charge in [0, 0.05) is 19.8 Å². The molecule has 8 heteroatoms. The fourth-order valence-electron chi connectivity index (χ4n) is 2.00. The lowest BCUT2D eigenvalue weighted by Gasteiger charge is -2.25. The Morgan fingerprint density at radius 3 is 1.54 bits per heavy atom. The van der Waals surface area contributed by atoms with E-state index in [4.69, 9.17) is 22.8 Å². The second-order valence-corrected chi connectivity index (χ2v) is 7.00. The molecular formula is C16H30O7Si. The summed E-state index contributed by atoms with van der Waals surface area (Å²) in [5, 5.41) is 0. The molecule has 0 aromatic carbocycles. The smallest absolute Gasteiger partial charge is 0.465 e. The number of esters is 2. The first-order chi connectivity index (χ1) is 11.5. The van der Waals surface area contributed by atoms with Crippen molar-refractivity contribution in [1.29, 1.82) is 0 Å². The molecule has 0 rings (SSSR count). The Kier molecular flexibility index (Phi) is 12.4. The van der Waals surface area contributed by atoms with E-state index in [9.17, 15) is 9.59 Å². The first kappa shape index (κ1) is 22.8. The fourth-order valence-corrected chi connectivity index (χ4v) is 4.17. The van der Waals surface area contributed by atoms with Crippen LogP contribution in [0.2, 0.25) is 0 Å². The quantitative estimate of drug-likeness (QED) is 0.282. The van der Waals surface area contributed by atoms with Crippen LogP contribution in [-0.4, -0.2) is 53.8 Å². The van der Waals surface area contributed by atoms with Crippen LogP contribution in [0.3, 0.4) is 0 Å². The van der Waals surface area contributed by atoms with E-state index in [0.29, 0.717) is 19.8 Å². The van der Waals surface area contributed by atoms with Crippen LogP contribution in [0, 0.1) is 5.92 Å². The second kappa shape index (κ2) is 13.1. The summed E-state index contributed by atoms with van der Waals surface area (Å²) in [6.45, 7) is 10.7. The Labute approximate surface area is 145 Å². The van der Waals surface area contributed by atoms with Crippen LogP contribution in [0.25, 0.3) is 0 Å². The molecule has 0 aromatic rings. The van der Waals surface area contributed by atoms with Gasteiger partial charge in [0.2, 0.25) is 0 Å². The first-order valence-corrected chi connectivity index (χ1v) is 10.2. The van der Waals surface area contributed by atoms with Crippen molar-refractivity contribution < 1.29 is 32.3 Å². The Balaban J connectivity index is 5.13. The van der Waals surface area contributed by atoms with Gasteiger partial charge in [-0.1, -0.05) is 6.08 Å². The highest BCUT2D eigenvalue weighted by atomic mass is 28.4. The minimum Gasteiger partial charge on any atom is -0.465 e. The molecule has 140 valence electrons. The molecule has 0 aliphatic heterocycles. The highest BCUT2D eigenvalue weighted by molar-refractivity contribution is 6.66. The standard InChI is InChI=1S/C16H30O7Si/c1-6-19-15(17)14(16(18)20-7-2)12-11-13-24(21-8-3,22-9-4)23-10-5/h11,13-14H,6-10,12H2,1-5H3. The zero-order valence-electron chi connectivity index (χ0n) is 15.3. The SMILES string of the molecule is CCOC(=O)C(CC=C[Si](OCC)(OCC)OCC)C(=O)OCC. The molecule has 0 fully saturated rings. The third-order valence-corrected chi connectivity index (χ3v) is 5.59. The Morgan fingerprint density at radius 1 is 0.792 bits per heavy atom. The zero-order valence-corrected chi connectivity index (χ0v) is 16.3. The number of carbonyl (C=O) groups excluding carboxylic acids is 2. The monoisotopic (exact) mass is 362 g/mol. The van der Waals surface area contributed by atoms with Crippen molar-refractivity contribution in [3.05, 3.63) is 11.8 Å². The van der Waals surface area contributed by atoms with Gasteiger partial charge in [-0.2, -0.15) is 0 Å². The van der Waals surface area contributed by atoms with Crippen LogP contribution in [0.4, 0.5) is 0 Å². The molecule has 0 saturated heterocycles. The molecule has 0 N–H and O–H groups in total. The van der Waals surface area contributed by atoms with Crippen molar-refractivity contribution in [3.63, 3.8) is 0 Å². The Hall–Kier alpha value is -1.22. The van der Waals surface area contributed by atoms with Gasteiger partial charge in [0.15, 0.2) is 5.92 Å². The van der Waals surface area contributed by atoms with Gasteiger partial charge in [-0.05, 0) is 46.7 Å². The summed E-state index contributed by atoms with van der Waals surface area (Å²) in [6.07, 6.45) is 1.81. The molecule has 7 nitrogen and oxygen atoms in total. The molecule has 0 saturated carbocycles. The number of hydrogen-bond donors (Lipinski definition) is 0. The summed E-state index contributed by atoms with van der Waals surface area (Å²) < 4.78 is 26.9. The molecule has 0 atom stereocenters. The largest absolute Gasteiger partial charge is 0.529 e. The highest BCUT2D eigenvalue weighted by Gasteiger charge is 2.38. The van der Waals surface area contributed by atoms with Gasteiger partial charge in [-0.25, -0.2) is 0 Å². The lowest BCUT2D eigenvalue weighted by Crippen LogP contribution is -2.44. The Bertz CT molecular complexity index is 363. The molecule has 0 unspecified atom stereocenters. The van der Waals surface area contributed by atoms with Gasteiger partial charge in [-0.3, -0.25) is 9.59 Å². The molecule has 0 amide bonds. The van der Waals surface area contributed by atoms with Gasteiger partial charge in [-0.15, -0.1) is 0 Å². The van der Waals surface area contributed by atoms with Crippen LogP contribution in [0.1, 0.15) is 41.0 Å². The normalized spacial score (nSPS) is 11.9. The van der Waals surface area contributed by atoms with Gasteiger partial charge in [0.1, 0.15) is 0 Å². The van der Waals surface area contributed by atoms with Crippen LogP contribution in [0.15, 0.2) is 11.8 Å². The molecular weight excluding hydrogens is 332 g/mol. The zero-order chi connectivity index (χ0) is 18.4. The number of carbonyl (C=O) groups is 2. The summed E-state index contributed by atoms with van der Waals surface area (Å²) in [5.41, 5.74) is 1.70. The van der Waals surface area contributed by atoms with Crippen molar-refractivity contribution in [2.24, 2.45) is 5.92 Å². The summed E-state index contributed by atoms with van der Waals surface area (Å²) >= 11 is 0. The minimum absolute atomic E-state index is 0.139. The van der Waals surface area contributed by atoms with Crippen molar-refractivity contribution >= 4 is 20.7 Å². The van der Waals surface area contributed by atoms with E-state index in [-0.39, 0.29) is 19.6 Å². The van der Waals surface area contributed by atoms with Gasteiger partial charge < -0.3 is 22.8 Å². The maximum absolute atomic E-state index is 12.0. The van der Waals surface area contributed by atoms with E-state index >= 15 is 0 Å². The van der Waals surface area contributed by atoms with E-state index < -0.39 is 26.7 Å². The van der Waals surface area contributed by atoms with E-state index in [1.807, 2.05) is 20.8 Å². The average molecular weight is 362 g/mol. The molecule has 0 aromatic heterocycles. The molecule has 0 bridgehead atoms. The van der Waals surface area contributed by atoms with Crippen molar-refractivity contribution in [3.8, 4) is 0 Å². The second-order valence-electron chi connectivity index (χ2n) is 4.60. The number of allylic oxidation sites excluding steroid dienone is 1. The van der Waals surface area contributed by atoms with Crippen molar-refractivity contribution in [2.75, 3.05) is 33.0 Å². The maximum atomic E-state index is 12.0. The summed E-state index contributed by atoms with van der Waals surface area (Å²) in [5.74, 6) is -2.20. The van der Waals surface area contributed by atoms with Crippen LogP contribution < -0.4 is 0 Å². The van der Waals surface area contributed by atoms with Crippen molar-refractivity contribution in [2.45, 2.75) is 41.0 Å². The maximum Gasteiger partial charge on any atom is 0.529 e. The van der Waals surface area contributed by atoms with Gasteiger partial charge in [0.05, 0.1) is 13.2 Å². The van der Waals surface area contributed by atoms with Crippen LogP contribution in [0.5, 0.6) is 0 Å². The third kappa shape index (κ3) is 8.05. The lowest BCUT2D eigenvalue weighted by atomic mass is 10.1. The predicted octanol–water partition coefficient (Wildman–Crippen LogP) is 2.26. The third-order valence-electron chi connectivity index (χ3n) is 2.87. The van der Waals surface area contributed by atoms with Crippen LogP contribution in [-0.2, 0) is 32.3 Å². The highest BCUT2D eigenvalue weighted by Crippen LogP contribution is 2.15. The first-order valence-electron chi connectivity index (χ1n) is 8.42. The van der Waals surface area contributed by atoms with E-state index in [1.54, 1.807) is 25.6 Å². The minimum atomic E-state index is -2.95.